The Kier molecular flexibility index (Phi) is 7.15. The molecule has 4 rings (SSSR count). The van der Waals surface area contributed by atoms with Crippen molar-refractivity contribution < 1.29 is 19.1 Å². The molecule has 0 aliphatic carbocycles. The monoisotopic (exact) mass is 471 g/mol. The summed E-state index contributed by atoms with van der Waals surface area (Å²) in [6, 6.07) is 18.0. The second-order valence-corrected chi connectivity index (χ2v) is 8.65. The predicted molar refractivity (Wildman–Crippen MR) is 135 cm³/mol. The number of nitrogens with one attached hydrogen (secondary N) is 1. The number of carbonyl (C=O) groups is 3. The van der Waals surface area contributed by atoms with Crippen molar-refractivity contribution in [3.8, 4) is 5.75 Å². The molecule has 0 spiro atoms. The molecule has 1 N–H and O–H groups in total. The fourth-order valence-electron chi connectivity index (χ4n) is 3.96. The van der Waals surface area contributed by atoms with Gasteiger partial charge in [0.05, 0.1) is 12.2 Å². The van der Waals surface area contributed by atoms with E-state index in [0.29, 0.717) is 30.5 Å². The van der Waals surface area contributed by atoms with Gasteiger partial charge in [0, 0.05) is 11.9 Å². The van der Waals surface area contributed by atoms with Gasteiger partial charge >= 0.3 is 6.03 Å². The second-order valence-electron chi connectivity index (χ2n) is 8.65. The smallest absolute Gasteiger partial charge is 0.335 e. The molecular formula is C28H29N3O4. The zero-order chi connectivity index (χ0) is 24.9. The molecule has 1 saturated heterocycles. The topological polar surface area (TPSA) is 80.6 Å². The van der Waals surface area contributed by atoms with Crippen LogP contribution in [-0.2, 0) is 16.1 Å². The van der Waals surface area contributed by atoms with E-state index in [1.165, 1.54) is 6.08 Å². The van der Waals surface area contributed by atoms with Gasteiger partial charge in [-0.15, -0.1) is 0 Å². The molecule has 1 aliphatic rings. The third-order valence-electron chi connectivity index (χ3n) is 6.18. The third-order valence-corrected chi connectivity index (χ3v) is 6.18. The van der Waals surface area contributed by atoms with Gasteiger partial charge in [-0.3, -0.25) is 14.9 Å². The Hall–Kier alpha value is -4.13. The number of imide groups is 2. The molecule has 2 heterocycles. The van der Waals surface area contributed by atoms with Crippen LogP contribution in [0.4, 0.5) is 10.5 Å². The standard InChI is InChI=1S/C28H29N3O4/c1-4-20(3)21-10-12-22(13-11-21)31-27(33)25(26(32)29-28(31)34)18-23-8-6-14-30(23)15-16-35-24-9-5-7-19(2)17-24/h5-14,17-18,20H,4,15-16H2,1-3H3,(H,29,32,34)/b25-18-/t20-/m1/s1. The molecule has 0 unspecified atom stereocenters. The molecule has 7 heteroatoms. The predicted octanol–water partition coefficient (Wildman–Crippen LogP) is 5.06. The fourth-order valence-corrected chi connectivity index (χ4v) is 3.96. The Labute approximate surface area is 205 Å². The number of aromatic nitrogens is 1. The van der Waals surface area contributed by atoms with E-state index >= 15 is 0 Å². The van der Waals surface area contributed by atoms with E-state index in [4.69, 9.17) is 4.74 Å². The molecule has 1 aromatic heterocycles. The Balaban J connectivity index is 1.52. The van der Waals surface area contributed by atoms with Gasteiger partial charge < -0.3 is 9.30 Å². The first-order valence-corrected chi connectivity index (χ1v) is 11.7. The maximum absolute atomic E-state index is 13.2. The number of anilines is 1. The number of barbiturate groups is 1. The summed E-state index contributed by atoms with van der Waals surface area (Å²) < 4.78 is 7.72. The van der Waals surface area contributed by atoms with Crippen molar-refractivity contribution in [2.45, 2.75) is 39.7 Å². The van der Waals surface area contributed by atoms with E-state index < -0.39 is 17.8 Å². The lowest BCUT2D eigenvalue weighted by Crippen LogP contribution is -2.54. The summed E-state index contributed by atoms with van der Waals surface area (Å²) in [5.74, 6) is -0.211. The Morgan fingerprint density at radius 3 is 2.51 bits per heavy atom. The summed E-state index contributed by atoms with van der Waals surface area (Å²) in [5.41, 5.74) is 3.22. The van der Waals surface area contributed by atoms with Gasteiger partial charge in [-0.1, -0.05) is 38.1 Å². The maximum atomic E-state index is 13.2. The second kappa shape index (κ2) is 10.4. The molecule has 1 aliphatic heterocycles. The molecular weight excluding hydrogens is 442 g/mol. The SMILES string of the molecule is CC[C@@H](C)c1ccc(N2C(=O)NC(=O)/C(=C/c3cccn3CCOc3cccc(C)c3)C2=O)cc1. The molecule has 2 aromatic carbocycles. The summed E-state index contributed by atoms with van der Waals surface area (Å²) in [6.07, 6.45) is 4.35. The van der Waals surface area contributed by atoms with E-state index in [1.807, 2.05) is 66.2 Å². The summed E-state index contributed by atoms with van der Waals surface area (Å²) in [7, 11) is 0. The van der Waals surface area contributed by atoms with Crippen LogP contribution in [0.1, 0.15) is 43.0 Å². The van der Waals surface area contributed by atoms with Crippen molar-refractivity contribution in [2.75, 3.05) is 11.5 Å². The lowest BCUT2D eigenvalue weighted by molar-refractivity contribution is -0.122. The van der Waals surface area contributed by atoms with Crippen molar-refractivity contribution in [2.24, 2.45) is 0 Å². The lowest BCUT2D eigenvalue weighted by atomic mass is 9.98. The minimum absolute atomic E-state index is 0.102. The minimum Gasteiger partial charge on any atom is -0.492 e. The Bertz CT molecular complexity index is 1270. The van der Waals surface area contributed by atoms with Crippen molar-refractivity contribution >= 4 is 29.6 Å². The highest BCUT2D eigenvalue weighted by Gasteiger charge is 2.37. The number of urea groups is 1. The molecule has 4 amide bonds. The zero-order valence-electron chi connectivity index (χ0n) is 20.2. The first kappa shape index (κ1) is 24.0. The Morgan fingerprint density at radius 1 is 1.03 bits per heavy atom. The summed E-state index contributed by atoms with van der Waals surface area (Å²) >= 11 is 0. The summed E-state index contributed by atoms with van der Waals surface area (Å²) in [4.78, 5) is 39.3. The zero-order valence-corrected chi connectivity index (χ0v) is 20.2. The van der Waals surface area contributed by atoms with E-state index in [9.17, 15) is 14.4 Å². The van der Waals surface area contributed by atoms with Crippen molar-refractivity contribution in [3.63, 3.8) is 0 Å². The first-order valence-electron chi connectivity index (χ1n) is 11.7. The number of nitrogens with zero attached hydrogens (tertiary/aromatic N) is 2. The molecule has 0 radical (unpaired) electrons. The van der Waals surface area contributed by atoms with Crippen LogP contribution in [0.3, 0.4) is 0 Å². The number of ether oxygens (including phenoxy) is 1. The van der Waals surface area contributed by atoms with Crippen LogP contribution in [0.5, 0.6) is 5.75 Å². The third kappa shape index (κ3) is 5.35. The van der Waals surface area contributed by atoms with Crippen molar-refractivity contribution in [1.82, 2.24) is 9.88 Å². The van der Waals surface area contributed by atoms with Crippen LogP contribution >= 0.6 is 0 Å². The number of rotatable bonds is 8. The average molecular weight is 472 g/mol. The van der Waals surface area contributed by atoms with Gasteiger partial charge in [0.15, 0.2) is 0 Å². The molecule has 180 valence electrons. The van der Waals surface area contributed by atoms with Gasteiger partial charge in [0.1, 0.15) is 17.9 Å². The molecule has 1 atom stereocenters. The quantitative estimate of drug-likeness (QED) is 0.368. The highest BCUT2D eigenvalue weighted by molar-refractivity contribution is 6.39. The number of hydrogen-bond donors (Lipinski definition) is 1. The van der Waals surface area contributed by atoms with Crippen LogP contribution in [0, 0.1) is 6.92 Å². The van der Waals surface area contributed by atoms with Gasteiger partial charge in [0.25, 0.3) is 11.8 Å². The van der Waals surface area contributed by atoms with E-state index in [0.717, 1.165) is 28.2 Å². The summed E-state index contributed by atoms with van der Waals surface area (Å²) in [6.45, 7) is 7.17. The van der Waals surface area contributed by atoms with Crippen molar-refractivity contribution in [1.29, 1.82) is 0 Å². The highest BCUT2D eigenvalue weighted by atomic mass is 16.5. The van der Waals surface area contributed by atoms with Gasteiger partial charge in [-0.05, 0) is 72.9 Å². The van der Waals surface area contributed by atoms with Crippen LogP contribution in [-0.4, -0.2) is 29.0 Å². The first-order chi connectivity index (χ1) is 16.9. The molecule has 1 fully saturated rings. The van der Waals surface area contributed by atoms with Gasteiger partial charge in [-0.2, -0.15) is 0 Å². The van der Waals surface area contributed by atoms with Crippen molar-refractivity contribution in [3.05, 3.63) is 89.3 Å². The number of hydrogen-bond acceptors (Lipinski definition) is 4. The van der Waals surface area contributed by atoms with Crippen LogP contribution in [0.15, 0.2) is 72.4 Å². The molecule has 35 heavy (non-hydrogen) atoms. The Morgan fingerprint density at radius 2 is 1.80 bits per heavy atom. The maximum Gasteiger partial charge on any atom is 0.335 e. The largest absolute Gasteiger partial charge is 0.492 e. The number of benzene rings is 2. The van der Waals surface area contributed by atoms with E-state index in [1.54, 1.807) is 12.1 Å². The summed E-state index contributed by atoms with van der Waals surface area (Å²) in [5, 5.41) is 2.28. The fraction of sp³-hybridized carbons (Fsp3) is 0.250. The number of carbonyl (C=O) groups excluding carboxylic acids is 3. The molecule has 0 saturated carbocycles. The normalized spacial score (nSPS) is 15.9. The highest BCUT2D eigenvalue weighted by Crippen LogP contribution is 2.25. The van der Waals surface area contributed by atoms with Gasteiger partial charge in [0.2, 0.25) is 0 Å². The van der Waals surface area contributed by atoms with Gasteiger partial charge in [-0.25, -0.2) is 9.69 Å². The molecule has 3 aromatic rings. The minimum atomic E-state index is -0.754. The van der Waals surface area contributed by atoms with Crippen LogP contribution in [0.2, 0.25) is 0 Å². The van der Waals surface area contributed by atoms with Crippen LogP contribution in [0.25, 0.3) is 6.08 Å². The molecule has 0 bridgehead atoms. The molecule has 7 nitrogen and oxygen atoms in total. The van der Waals surface area contributed by atoms with E-state index in [-0.39, 0.29) is 5.57 Å². The number of aryl methyl sites for hydroxylation is 1. The van der Waals surface area contributed by atoms with Crippen LogP contribution < -0.4 is 15.0 Å². The van der Waals surface area contributed by atoms with E-state index in [2.05, 4.69) is 19.2 Å². The lowest BCUT2D eigenvalue weighted by Gasteiger charge is -2.26. The number of amides is 4. The average Bonchev–Trinajstić information content (AvgIpc) is 3.28.